The van der Waals surface area contributed by atoms with Crippen LogP contribution in [0.4, 0.5) is 0 Å². The first-order valence-electron chi connectivity index (χ1n) is 11.8. The number of fused-ring (bicyclic) bond motifs is 5. The van der Waals surface area contributed by atoms with Gasteiger partial charge in [0.05, 0.1) is 42.3 Å². The van der Waals surface area contributed by atoms with E-state index in [1.165, 1.54) is 14.2 Å². The van der Waals surface area contributed by atoms with Gasteiger partial charge in [-0.1, -0.05) is 0 Å². The molecule has 0 radical (unpaired) electrons. The molecule has 4 heterocycles. The number of nitrogens with one attached hydrogen (secondary N) is 1. The van der Waals surface area contributed by atoms with Gasteiger partial charge in [-0.2, -0.15) is 0 Å². The van der Waals surface area contributed by atoms with E-state index < -0.39 is 0 Å². The van der Waals surface area contributed by atoms with E-state index in [4.69, 9.17) is 18.9 Å². The molecular formula is C27H25N3O6. The number of pyridine rings is 2. The van der Waals surface area contributed by atoms with E-state index in [9.17, 15) is 9.59 Å². The standard InChI is InChI=1S/C27H25N3O6/c1-33-21-8-6-18-23(26(21)34-2)27(32)30-20-7-5-15(12-19(20)17-9-10-28-24(18)25(17)30)36-14-22(31)29-13-16-4-3-11-35-16/h5-10,12,16H,3-4,11,13-14H2,1-2H3,(H,29,31)/t16-/m1/s1. The van der Waals surface area contributed by atoms with Gasteiger partial charge in [-0.05, 0) is 49.2 Å². The van der Waals surface area contributed by atoms with Crippen LogP contribution >= 0.6 is 0 Å². The van der Waals surface area contributed by atoms with E-state index in [1.807, 2.05) is 24.3 Å². The van der Waals surface area contributed by atoms with Crippen LogP contribution in [0.2, 0.25) is 0 Å². The van der Waals surface area contributed by atoms with Crippen LogP contribution < -0.4 is 25.1 Å². The van der Waals surface area contributed by atoms with Gasteiger partial charge in [0.15, 0.2) is 18.1 Å². The Morgan fingerprint density at radius 3 is 2.81 bits per heavy atom. The van der Waals surface area contributed by atoms with Crippen molar-refractivity contribution < 1.29 is 23.7 Å². The number of aromatic nitrogens is 2. The van der Waals surface area contributed by atoms with Crippen LogP contribution in [0.15, 0.2) is 47.4 Å². The Hall–Kier alpha value is -4.11. The lowest BCUT2D eigenvalue weighted by molar-refractivity contribution is -0.123. The molecule has 184 valence electrons. The molecule has 5 aromatic rings. The minimum Gasteiger partial charge on any atom is -0.493 e. The molecule has 1 saturated heterocycles. The normalized spacial score (nSPS) is 15.8. The zero-order chi connectivity index (χ0) is 24.8. The van der Waals surface area contributed by atoms with Gasteiger partial charge < -0.3 is 24.3 Å². The van der Waals surface area contributed by atoms with Crippen molar-refractivity contribution in [2.75, 3.05) is 34.0 Å². The Bertz CT molecular complexity index is 1670. The molecule has 1 N–H and O–H groups in total. The fourth-order valence-corrected chi connectivity index (χ4v) is 5.12. The van der Waals surface area contributed by atoms with Gasteiger partial charge in [0.25, 0.3) is 11.5 Å². The minimum absolute atomic E-state index is 0.0777. The summed E-state index contributed by atoms with van der Waals surface area (Å²) < 4.78 is 24.0. The zero-order valence-corrected chi connectivity index (χ0v) is 20.0. The molecule has 1 aliphatic heterocycles. The number of carbonyl (C=O) groups excluding carboxylic acids is 1. The predicted octanol–water partition coefficient (Wildman–Crippen LogP) is 3.28. The highest BCUT2D eigenvalue weighted by molar-refractivity contribution is 6.19. The van der Waals surface area contributed by atoms with Gasteiger partial charge in [0, 0.05) is 35.5 Å². The van der Waals surface area contributed by atoms with Crippen LogP contribution in [0.5, 0.6) is 17.2 Å². The minimum atomic E-state index is -0.219. The number of methoxy groups -OCH3 is 2. The summed E-state index contributed by atoms with van der Waals surface area (Å²) in [6.07, 6.45) is 3.79. The van der Waals surface area contributed by atoms with E-state index in [-0.39, 0.29) is 24.2 Å². The second-order valence-corrected chi connectivity index (χ2v) is 8.83. The van der Waals surface area contributed by atoms with Crippen molar-refractivity contribution in [3.63, 3.8) is 0 Å². The summed E-state index contributed by atoms with van der Waals surface area (Å²) in [7, 11) is 3.06. The number of benzene rings is 2. The Kier molecular flexibility index (Phi) is 5.49. The van der Waals surface area contributed by atoms with Crippen molar-refractivity contribution in [1.82, 2.24) is 14.7 Å². The van der Waals surface area contributed by atoms with Crippen LogP contribution in [0.3, 0.4) is 0 Å². The fraction of sp³-hybridized carbons (Fsp3) is 0.296. The van der Waals surface area contributed by atoms with Crippen LogP contribution in [0, 0.1) is 0 Å². The van der Waals surface area contributed by atoms with Crippen LogP contribution in [0.25, 0.3) is 38.1 Å². The lowest BCUT2D eigenvalue weighted by Gasteiger charge is -2.12. The van der Waals surface area contributed by atoms with Gasteiger partial charge in [-0.25, -0.2) is 0 Å². The topological polar surface area (TPSA) is 100 Å². The quantitative estimate of drug-likeness (QED) is 0.352. The molecule has 6 rings (SSSR count). The smallest absolute Gasteiger partial charge is 0.267 e. The third-order valence-electron chi connectivity index (χ3n) is 6.79. The summed E-state index contributed by atoms with van der Waals surface area (Å²) in [5.74, 6) is 1.19. The highest BCUT2D eigenvalue weighted by Gasteiger charge is 2.22. The molecule has 1 atom stereocenters. The second kappa shape index (κ2) is 8.83. The number of rotatable bonds is 7. The van der Waals surface area contributed by atoms with Gasteiger partial charge >= 0.3 is 0 Å². The Balaban J connectivity index is 1.42. The highest BCUT2D eigenvalue weighted by Crippen LogP contribution is 2.39. The Labute approximate surface area is 205 Å². The van der Waals surface area contributed by atoms with Crippen LogP contribution in [-0.4, -0.2) is 55.4 Å². The zero-order valence-electron chi connectivity index (χ0n) is 20.0. The first-order valence-corrected chi connectivity index (χ1v) is 11.8. The molecule has 1 amide bonds. The number of carbonyl (C=O) groups is 1. The molecule has 9 heteroatoms. The summed E-state index contributed by atoms with van der Waals surface area (Å²) >= 11 is 0. The molecule has 9 nitrogen and oxygen atoms in total. The monoisotopic (exact) mass is 487 g/mol. The van der Waals surface area contributed by atoms with Crippen molar-refractivity contribution >= 4 is 44.0 Å². The van der Waals surface area contributed by atoms with Crippen LogP contribution in [-0.2, 0) is 9.53 Å². The maximum Gasteiger partial charge on any atom is 0.267 e. The third-order valence-corrected chi connectivity index (χ3v) is 6.79. The maximum atomic E-state index is 13.8. The van der Waals surface area contributed by atoms with Crippen molar-refractivity contribution in [3.05, 3.63) is 52.9 Å². The van der Waals surface area contributed by atoms with Crippen molar-refractivity contribution in [2.45, 2.75) is 18.9 Å². The third kappa shape index (κ3) is 3.46. The number of hydrogen-bond acceptors (Lipinski definition) is 7. The molecule has 0 saturated carbocycles. The molecular weight excluding hydrogens is 462 g/mol. The number of hydrogen-bond donors (Lipinski definition) is 1. The molecule has 0 spiro atoms. The summed E-state index contributed by atoms with van der Waals surface area (Å²) in [4.78, 5) is 30.7. The van der Waals surface area contributed by atoms with Gasteiger partial charge in [0.2, 0.25) is 0 Å². The van der Waals surface area contributed by atoms with Gasteiger partial charge in [-0.3, -0.25) is 19.0 Å². The highest BCUT2D eigenvalue weighted by atomic mass is 16.5. The molecule has 0 aliphatic carbocycles. The van der Waals surface area contributed by atoms with Crippen LogP contribution in [0.1, 0.15) is 12.8 Å². The second-order valence-electron chi connectivity index (χ2n) is 8.83. The maximum absolute atomic E-state index is 13.8. The predicted molar refractivity (Wildman–Crippen MR) is 136 cm³/mol. The average Bonchev–Trinajstić information content (AvgIpc) is 3.55. The number of amides is 1. The van der Waals surface area contributed by atoms with E-state index in [0.29, 0.717) is 40.1 Å². The van der Waals surface area contributed by atoms with Crippen molar-refractivity contribution in [3.8, 4) is 17.2 Å². The summed E-state index contributed by atoms with van der Waals surface area (Å²) in [6, 6.07) is 10.9. The fourth-order valence-electron chi connectivity index (χ4n) is 5.12. The SMILES string of the molecule is COc1ccc2c(c1OC)c(=O)n1c3ccc(OCC(=O)NC[C@H]4CCCO4)cc3c3ccnc2c31. The van der Waals surface area contributed by atoms with Gasteiger partial charge in [0.1, 0.15) is 5.75 Å². The summed E-state index contributed by atoms with van der Waals surface area (Å²) in [6.45, 7) is 1.13. The first kappa shape index (κ1) is 22.4. The lowest BCUT2D eigenvalue weighted by Crippen LogP contribution is -2.35. The molecule has 36 heavy (non-hydrogen) atoms. The molecule has 1 fully saturated rings. The largest absolute Gasteiger partial charge is 0.493 e. The van der Waals surface area contributed by atoms with E-state index in [0.717, 1.165) is 41.3 Å². The average molecular weight is 488 g/mol. The van der Waals surface area contributed by atoms with E-state index >= 15 is 0 Å². The lowest BCUT2D eigenvalue weighted by atomic mass is 10.1. The molecule has 0 unspecified atom stereocenters. The number of nitrogens with zero attached hydrogens (tertiary/aromatic N) is 2. The van der Waals surface area contributed by atoms with Crippen molar-refractivity contribution in [2.24, 2.45) is 0 Å². The molecule has 1 aliphatic rings. The first-order chi connectivity index (χ1) is 17.6. The van der Waals surface area contributed by atoms with Crippen molar-refractivity contribution in [1.29, 1.82) is 0 Å². The molecule has 0 bridgehead atoms. The van der Waals surface area contributed by atoms with E-state index in [1.54, 1.807) is 22.7 Å². The Morgan fingerprint density at radius 1 is 1.14 bits per heavy atom. The number of ether oxygens (including phenoxy) is 4. The Morgan fingerprint density at radius 2 is 2.03 bits per heavy atom. The molecule has 3 aromatic heterocycles. The summed E-state index contributed by atoms with van der Waals surface area (Å²) in [5, 5.41) is 5.66. The van der Waals surface area contributed by atoms with Gasteiger partial charge in [-0.15, -0.1) is 0 Å². The van der Waals surface area contributed by atoms with E-state index in [2.05, 4.69) is 10.3 Å². The molecule has 2 aromatic carbocycles. The summed E-state index contributed by atoms with van der Waals surface area (Å²) in [5.41, 5.74) is 1.91.